The molecule has 0 unspecified atom stereocenters. The number of nitrogens with one attached hydrogen (secondary N) is 1. The molecule has 11 heteroatoms. The van der Waals surface area contributed by atoms with Gasteiger partial charge in [0.1, 0.15) is 29.7 Å². The summed E-state index contributed by atoms with van der Waals surface area (Å²) in [5, 5.41) is 15.0. The van der Waals surface area contributed by atoms with Crippen molar-refractivity contribution in [1.29, 1.82) is 0 Å². The monoisotopic (exact) mass is 508 g/mol. The molecule has 2 aromatic carbocycles. The molecule has 1 N–H and O–H groups in total. The van der Waals surface area contributed by atoms with Gasteiger partial charge in [-0.2, -0.15) is 4.80 Å². The molecule has 0 radical (unpaired) electrons. The summed E-state index contributed by atoms with van der Waals surface area (Å²) in [6, 6.07) is 12.8. The zero-order valence-corrected chi connectivity index (χ0v) is 20.8. The Balaban J connectivity index is 1.71. The Labute approximate surface area is 212 Å². The van der Waals surface area contributed by atoms with Crippen LogP contribution in [0.5, 0.6) is 0 Å². The number of hydrogen-bond acceptors (Lipinski definition) is 6. The number of aromatic nitrogens is 4. The number of halogens is 2. The molecular weight excluding hydrogens is 482 g/mol. The third-order valence-corrected chi connectivity index (χ3v) is 5.24. The molecule has 4 rings (SSSR count). The Morgan fingerprint density at radius 3 is 2.19 bits per heavy atom. The minimum absolute atomic E-state index is 0.199. The maximum absolute atomic E-state index is 13.7. The van der Waals surface area contributed by atoms with Gasteiger partial charge in [0.25, 0.3) is 11.8 Å². The van der Waals surface area contributed by atoms with Crippen LogP contribution in [0.4, 0.5) is 14.5 Å². The van der Waals surface area contributed by atoms with Crippen LogP contribution in [0.15, 0.2) is 65.1 Å². The smallest absolute Gasteiger partial charge is 0.251 e. The average molecular weight is 509 g/mol. The molecule has 0 aliphatic rings. The number of carbonyl (C=O) groups excluding carboxylic acids is 2. The number of tetrazole rings is 1. The molecule has 0 aliphatic heterocycles. The second-order valence-electron chi connectivity index (χ2n) is 9.48. The molecule has 2 amide bonds. The molecule has 0 spiro atoms. The zero-order chi connectivity index (χ0) is 26.7. The molecule has 1 atom stereocenters. The summed E-state index contributed by atoms with van der Waals surface area (Å²) in [6.07, 6.45) is 0. The Hall–Kier alpha value is -4.41. The second kappa shape index (κ2) is 10.3. The molecule has 4 aromatic rings. The van der Waals surface area contributed by atoms with Crippen molar-refractivity contribution in [2.75, 3.05) is 4.90 Å². The van der Waals surface area contributed by atoms with Gasteiger partial charge in [-0.3, -0.25) is 14.5 Å². The normalized spacial score (nSPS) is 12.3. The minimum atomic E-state index is -1.20. The van der Waals surface area contributed by atoms with Gasteiger partial charge in [0.2, 0.25) is 5.82 Å². The van der Waals surface area contributed by atoms with E-state index in [1.807, 2.05) is 20.8 Å². The maximum Gasteiger partial charge on any atom is 0.251 e. The van der Waals surface area contributed by atoms with Crippen LogP contribution in [0.2, 0.25) is 0 Å². The molecule has 192 valence electrons. The van der Waals surface area contributed by atoms with Gasteiger partial charge in [-0.15, -0.1) is 10.2 Å². The van der Waals surface area contributed by atoms with Crippen LogP contribution in [-0.4, -0.2) is 37.6 Å². The van der Waals surface area contributed by atoms with Crippen molar-refractivity contribution in [1.82, 2.24) is 25.5 Å². The number of furan rings is 1. The molecule has 9 nitrogen and oxygen atoms in total. The van der Waals surface area contributed by atoms with Gasteiger partial charge in [-0.05, 0) is 93.6 Å². The Bertz CT molecular complexity index is 1390. The summed E-state index contributed by atoms with van der Waals surface area (Å²) in [6.45, 7) is 6.79. The fraction of sp³-hybridized carbons (Fsp3) is 0.269. The summed E-state index contributed by atoms with van der Waals surface area (Å²) < 4.78 is 32.8. The van der Waals surface area contributed by atoms with Crippen LogP contribution in [0.3, 0.4) is 0 Å². The van der Waals surface area contributed by atoms with Crippen molar-refractivity contribution < 1.29 is 22.8 Å². The fourth-order valence-electron chi connectivity index (χ4n) is 3.67. The highest BCUT2D eigenvalue weighted by atomic mass is 19.1. The number of amides is 2. The average Bonchev–Trinajstić information content (AvgIpc) is 3.46. The van der Waals surface area contributed by atoms with Crippen molar-refractivity contribution in [2.24, 2.45) is 0 Å². The van der Waals surface area contributed by atoms with Gasteiger partial charge in [0.05, 0.1) is 0 Å². The number of rotatable bonds is 7. The summed E-state index contributed by atoms with van der Waals surface area (Å²) >= 11 is 0. The molecule has 2 aromatic heterocycles. The number of carbonyl (C=O) groups is 2. The van der Waals surface area contributed by atoms with Gasteiger partial charge >= 0.3 is 0 Å². The Morgan fingerprint density at radius 2 is 1.62 bits per heavy atom. The maximum atomic E-state index is 13.7. The minimum Gasteiger partial charge on any atom is -0.464 e. The van der Waals surface area contributed by atoms with Crippen LogP contribution in [0, 0.1) is 18.6 Å². The first kappa shape index (κ1) is 25.7. The van der Waals surface area contributed by atoms with Crippen LogP contribution in [0.25, 0.3) is 11.4 Å². The zero-order valence-electron chi connectivity index (χ0n) is 20.8. The van der Waals surface area contributed by atoms with E-state index in [0.717, 1.165) is 4.80 Å². The lowest BCUT2D eigenvalue weighted by Crippen LogP contribution is -2.50. The van der Waals surface area contributed by atoms with E-state index in [4.69, 9.17) is 4.42 Å². The number of hydrogen-bond donors (Lipinski definition) is 1. The van der Waals surface area contributed by atoms with Crippen LogP contribution >= 0.6 is 0 Å². The molecule has 0 fully saturated rings. The van der Waals surface area contributed by atoms with Crippen LogP contribution < -0.4 is 10.2 Å². The summed E-state index contributed by atoms with van der Waals surface area (Å²) in [5.41, 5.74) is 0.184. The quantitative estimate of drug-likeness (QED) is 0.401. The van der Waals surface area contributed by atoms with Gasteiger partial charge in [-0.25, -0.2) is 8.78 Å². The van der Waals surface area contributed by atoms with Crippen molar-refractivity contribution in [3.8, 4) is 11.4 Å². The molecule has 0 saturated heterocycles. The van der Waals surface area contributed by atoms with E-state index >= 15 is 0 Å². The second-order valence-corrected chi connectivity index (χ2v) is 9.48. The van der Waals surface area contributed by atoms with Crippen molar-refractivity contribution in [3.63, 3.8) is 0 Å². The highest BCUT2D eigenvalue weighted by Gasteiger charge is 2.37. The highest BCUT2D eigenvalue weighted by molar-refractivity contribution is 6.01. The van der Waals surface area contributed by atoms with Crippen molar-refractivity contribution >= 4 is 17.5 Å². The predicted molar refractivity (Wildman–Crippen MR) is 131 cm³/mol. The van der Waals surface area contributed by atoms with Crippen molar-refractivity contribution in [2.45, 2.75) is 45.8 Å². The van der Waals surface area contributed by atoms with E-state index < -0.39 is 35.0 Å². The lowest BCUT2D eigenvalue weighted by molar-refractivity contribution is -0.128. The van der Waals surface area contributed by atoms with Gasteiger partial charge in [0.15, 0.2) is 6.04 Å². The van der Waals surface area contributed by atoms with E-state index in [9.17, 15) is 18.4 Å². The first-order chi connectivity index (χ1) is 17.5. The van der Waals surface area contributed by atoms with E-state index in [0.29, 0.717) is 11.3 Å². The fourth-order valence-corrected chi connectivity index (χ4v) is 3.67. The lowest BCUT2D eigenvalue weighted by atomic mass is 10.1. The molecule has 0 aliphatic carbocycles. The van der Waals surface area contributed by atoms with Gasteiger partial charge < -0.3 is 9.73 Å². The molecular formula is C26H26F2N6O3. The topological polar surface area (TPSA) is 106 Å². The molecule has 0 saturated carbocycles. The standard InChI is InChI=1S/C26H26F2N6O3/c1-16-5-14-21(37-16)23(25(36)29-26(2,3)4)34(20-12-10-19(28)11-13-20)22(35)15-33-31-24(30-32-33)17-6-8-18(27)9-7-17/h5-14,23H,15H2,1-4H3,(H,29,36)/t23-/m0/s1. The Morgan fingerprint density at radius 1 is 1.00 bits per heavy atom. The number of anilines is 1. The van der Waals surface area contributed by atoms with E-state index in [2.05, 4.69) is 20.7 Å². The molecule has 37 heavy (non-hydrogen) atoms. The largest absolute Gasteiger partial charge is 0.464 e. The number of benzene rings is 2. The SMILES string of the molecule is Cc1ccc([C@@H](C(=O)NC(C)(C)C)N(C(=O)Cn2nnc(-c3ccc(F)cc3)n2)c2ccc(F)cc2)o1. The first-order valence-electron chi connectivity index (χ1n) is 11.5. The van der Waals surface area contributed by atoms with E-state index in [1.165, 1.54) is 53.4 Å². The lowest BCUT2D eigenvalue weighted by Gasteiger charge is -2.32. The van der Waals surface area contributed by atoms with E-state index in [-0.39, 0.29) is 23.8 Å². The summed E-state index contributed by atoms with van der Waals surface area (Å²) in [4.78, 5) is 29.5. The number of nitrogens with zero attached hydrogens (tertiary/aromatic N) is 5. The van der Waals surface area contributed by atoms with Gasteiger partial charge in [-0.1, -0.05) is 0 Å². The Kier molecular flexibility index (Phi) is 7.14. The third kappa shape index (κ3) is 6.24. The van der Waals surface area contributed by atoms with Crippen molar-refractivity contribution in [3.05, 3.63) is 83.8 Å². The highest BCUT2D eigenvalue weighted by Crippen LogP contribution is 2.30. The first-order valence-corrected chi connectivity index (χ1v) is 11.5. The predicted octanol–water partition coefficient (Wildman–Crippen LogP) is 4.21. The van der Waals surface area contributed by atoms with Crippen LogP contribution in [-0.2, 0) is 16.1 Å². The number of aryl methyl sites for hydroxylation is 1. The summed E-state index contributed by atoms with van der Waals surface area (Å²) in [7, 11) is 0. The third-order valence-electron chi connectivity index (χ3n) is 5.24. The van der Waals surface area contributed by atoms with Gasteiger partial charge in [0, 0.05) is 16.8 Å². The molecule has 2 heterocycles. The van der Waals surface area contributed by atoms with Crippen LogP contribution in [0.1, 0.15) is 38.3 Å². The van der Waals surface area contributed by atoms with E-state index in [1.54, 1.807) is 19.1 Å². The summed E-state index contributed by atoms with van der Waals surface area (Å²) in [5.74, 6) is -0.982. The molecule has 0 bridgehead atoms.